The predicted octanol–water partition coefficient (Wildman–Crippen LogP) is 2.38. The number of nitrogens with one attached hydrogen (secondary N) is 2. The van der Waals surface area contributed by atoms with Crippen LogP contribution in [0.2, 0.25) is 0 Å². The SMILES string of the molecule is [N-]=[N+]=CC(=O)CC[C@H](NC(=O)[C@H](Cc1c[nH]c2ccccc12)Oc1ccccc1)C(=O)O. The molecule has 0 aliphatic carbocycles. The molecule has 164 valence electrons. The van der Waals surface area contributed by atoms with Gasteiger partial charge in [0.25, 0.3) is 5.91 Å². The second-order valence-electron chi connectivity index (χ2n) is 7.13. The minimum atomic E-state index is -1.30. The molecule has 0 fully saturated rings. The number of H-pyrrole nitrogens is 1. The molecule has 2 aromatic carbocycles. The summed E-state index contributed by atoms with van der Waals surface area (Å²) in [6.07, 6.45) is 1.33. The highest BCUT2D eigenvalue weighted by Gasteiger charge is 2.28. The Balaban J connectivity index is 1.79. The van der Waals surface area contributed by atoms with Crippen molar-refractivity contribution >= 4 is 34.8 Å². The first-order chi connectivity index (χ1) is 15.5. The third-order valence-electron chi connectivity index (χ3n) is 4.89. The van der Waals surface area contributed by atoms with Crippen LogP contribution in [0.1, 0.15) is 18.4 Å². The van der Waals surface area contributed by atoms with Crippen molar-refractivity contribution in [1.29, 1.82) is 0 Å². The molecule has 2 atom stereocenters. The number of ether oxygens (including phenoxy) is 1. The molecule has 0 bridgehead atoms. The summed E-state index contributed by atoms with van der Waals surface area (Å²) in [6, 6.07) is 15.1. The van der Waals surface area contributed by atoms with Crippen LogP contribution in [0.5, 0.6) is 5.75 Å². The van der Waals surface area contributed by atoms with Gasteiger partial charge in [-0.15, -0.1) is 0 Å². The minimum Gasteiger partial charge on any atom is -0.480 e. The van der Waals surface area contributed by atoms with Gasteiger partial charge in [-0.3, -0.25) is 9.59 Å². The lowest BCUT2D eigenvalue weighted by Gasteiger charge is -2.21. The van der Waals surface area contributed by atoms with Gasteiger partial charge < -0.3 is 25.7 Å². The first-order valence-corrected chi connectivity index (χ1v) is 9.98. The van der Waals surface area contributed by atoms with E-state index in [4.69, 9.17) is 10.3 Å². The number of aromatic nitrogens is 1. The highest BCUT2D eigenvalue weighted by molar-refractivity contribution is 6.25. The van der Waals surface area contributed by atoms with Crippen molar-refractivity contribution in [3.8, 4) is 5.75 Å². The van der Waals surface area contributed by atoms with E-state index in [-0.39, 0.29) is 19.3 Å². The molecular weight excluding hydrogens is 412 g/mol. The zero-order chi connectivity index (χ0) is 22.9. The summed E-state index contributed by atoms with van der Waals surface area (Å²) in [5.41, 5.74) is 10.2. The van der Waals surface area contributed by atoms with Crippen molar-refractivity contribution < 1.29 is 29.0 Å². The largest absolute Gasteiger partial charge is 0.480 e. The van der Waals surface area contributed by atoms with Crippen molar-refractivity contribution in [1.82, 2.24) is 10.3 Å². The summed E-state index contributed by atoms with van der Waals surface area (Å²) < 4.78 is 5.90. The molecular formula is C23H22N4O5. The summed E-state index contributed by atoms with van der Waals surface area (Å²) in [6.45, 7) is 0. The van der Waals surface area contributed by atoms with E-state index >= 15 is 0 Å². The highest BCUT2D eigenvalue weighted by Crippen LogP contribution is 2.21. The summed E-state index contributed by atoms with van der Waals surface area (Å²) >= 11 is 0. The molecule has 0 aliphatic heterocycles. The van der Waals surface area contributed by atoms with Gasteiger partial charge in [0, 0.05) is 29.9 Å². The Hall–Kier alpha value is -4.23. The minimum absolute atomic E-state index is 0.156. The molecule has 1 heterocycles. The third kappa shape index (κ3) is 5.90. The number of benzene rings is 2. The van der Waals surface area contributed by atoms with Crippen molar-refractivity contribution in [2.75, 3.05) is 0 Å². The van der Waals surface area contributed by atoms with Crippen LogP contribution >= 0.6 is 0 Å². The Morgan fingerprint density at radius 1 is 1.12 bits per heavy atom. The second-order valence-corrected chi connectivity index (χ2v) is 7.13. The fourth-order valence-corrected chi connectivity index (χ4v) is 3.29. The molecule has 3 N–H and O–H groups in total. The molecule has 1 aromatic heterocycles. The molecule has 0 saturated heterocycles. The second kappa shape index (κ2) is 10.7. The zero-order valence-corrected chi connectivity index (χ0v) is 17.1. The number of carboxylic acids is 1. The van der Waals surface area contributed by atoms with Gasteiger partial charge >= 0.3 is 12.2 Å². The number of para-hydroxylation sites is 2. The lowest BCUT2D eigenvalue weighted by atomic mass is 10.0. The number of nitrogens with zero attached hydrogens (tertiary/aromatic N) is 2. The maximum absolute atomic E-state index is 13.0. The molecule has 9 heteroatoms. The van der Waals surface area contributed by atoms with E-state index in [1.165, 1.54) is 0 Å². The maximum Gasteiger partial charge on any atom is 0.326 e. The molecule has 3 aromatic rings. The molecule has 0 aliphatic rings. The molecule has 3 rings (SSSR count). The fourth-order valence-electron chi connectivity index (χ4n) is 3.29. The van der Waals surface area contributed by atoms with Crippen molar-refractivity contribution in [3.63, 3.8) is 0 Å². The van der Waals surface area contributed by atoms with Crippen LogP contribution in [0, 0.1) is 0 Å². The Kier molecular flexibility index (Phi) is 7.51. The highest BCUT2D eigenvalue weighted by atomic mass is 16.5. The number of rotatable bonds is 11. The number of fused-ring (bicyclic) bond motifs is 1. The van der Waals surface area contributed by atoms with E-state index in [9.17, 15) is 19.5 Å². The number of hydrogen-bond acceptors (Lipinski definition) is 4. The van der Waals surface area contributed by atoms with Gasteiger partial charge in [-0.25, -0.2) is 4.79 Å². The Morgan fingerprint density at radius 2 is 1.84 bits per heavy atom. The first kappa shape index (κ1) is 22.5. The van der Waals surface area contributed by atoms with Gasteiger partial charge in [0.05, 0.1) is 0 Å². The van der Waals surface area contributed by atoms with Crippen LogP contribution in [0.4, 0.5) is 0 Å². The van der Waals surface area contributed by atoms with E-state index < -0.39 is 29.8 Å². The van der Waals surface area contributed by atoms with Crippen molar-refractivity contribution in [3.05, 3.63) is 71.9 Å². The topological polar surface area (TPSA) is 145 Å². The summed E-state index contributed by atoms with van der Waals surface area (Å²) in [5, 5.41) is 12.9. The van der Waals surface area contributed by atoms with E-state index in [0.29, 0.717) is 12.0 Å². The number of aliphatic carboxylic acids is 1. The first-order valence-electron chi connectivity index (χ1n) is 9.98. The van der Waals surface area contributed by atoms with Crippen LogP contribution < -0.4 is 10.1 Å². The predicted molar refractivity (Wildman–Crippen MR) is 116 cm³/mol. The lowest BCUT2D eigenvalue weighted by Crippen LogP contribution is -2.48. The molecule has 0 saturated carbocycles. The number of carbonyl (C=O) groups is 3. The van der Waals surface area contributed by atoms with E-state index in [1.54, 1.807) is 30.5 Å². The molecule has 32 heavy (non-hydrogen) atoms. The average Bonchev–Trinajstić information content (AvgIpc) is 3.19. The molecule has 9 nitrogen and oxygen atoms in total. The van der Waals surface area contributed by atoms with Gasteiger partial charge in [0.1, 0.15) is 11.8 Å². The average molecular weight is 434 g/mol. The Labute approximate surface area is 183 Å². The number of Topliss-reactive ketones (excluding diaryl/α,β-unsaturated/α-hetero) is 1. The Bertz CT molecular complexity index is 1150. The normalized spacial score (nSPS) is 12.4. The van der Waals surface area contributed by atoms with Gasteiger partial charge in [-0.2, -0.15) is 4.79 Å². The summed E-state index contributed by atoms with van der Waals surface area (Å²) in [5.74, 6) is -1.98. The summed E-state index contributed by atoms with van der Waals surface area (Å²) in [7, 11) is 0. The van der Waals surface area contributed by atoms with E-state index in [2.05, 4.69) is 15.1 Å². The molecule has 0 radical (unpaired) electrons. The van der Waals surface area contributed by atoms with Gasteiger partial charge in [-0.05, 0) is 30.2 Å². The zero-order valence-electron chi connectivity index (χ0n) is 17.1. The number of aromatic amines is 1. The number of amides is 1. The Morgan fingerprint density at radius 3 is 2.56 bits per heavy atom. The standard InChI is InChI=1S/C23H22N4O5/c24-26-14-16(28)10-11-20(23(30)31)27-22(29)21(32-17-6-2-1-3-7-17)12-15-13-25-19-9-5-4-8-18(15)19/h1-9,13-14,20-21,25H,10-12H2,(H,27,29)(H,30,31)/t20-,21-/m0/s1. The van der Waals surface area contributed by atoms with E-state index in [1.807, 2.05) is 30.3 Å². The maximum atomic E-state index is 13.0. The lowest BCUT2D eigenvalue weighted by molar-refractivity contribution is -0.143. The van der Waals surface area contributed by atoms with E-state index in [0.717, 1.165) is 16.5 Å². The third-order valence-corrected chi connectivity index (χ3v) is 4.89. The number of ketones is 1. The van der Waals surface area contributed by atoms with Gasteiger partial charge in [0.2, 0.25) is 5.78 Å². The van der Waals surface area contributed by atoms with Gasteiger partial charge in [-0.1, -0.05) is 36.4 Å². The fraction of sp³-hybridized carbons (Fsp3) is 0.217. The molecule has 0 unspecified atom stereocenters. The monoisotopic (exact) mass is 434 g/mol. The number of carboxylic acid groups (broad SMARTS) is 1. The molecule has 1 amide bonds. The van der Waals surface area contributed by atoms with Crippen molar-refractivity contribution in [2.24, 2.45) is 0 Å². The van der Waals surface area contributed by atoms with Crippen LogP contribution in [0.3, 0.4) is 0 Å². The smallest absolute Gasteiger partial charge is 0.326 e. The van der Waals surface area contributed by atoms with Crippen LogP contribution in [-0.4, -0.2) is 50.9 Å². The van der Waals surface area contributed by atoms with Crippen LogP contribution in [-0.2, 0) is 20.8 Å². The quantitative estimate of drug-likeness (QED) is 0.241. The van der Waals surface area contributed by atoms with Crippen LogP contribution in [0.15, 0.2) is 60.8 Å². The van der Waals surface area contributed by atoms with Gasteiger partial charge in [0.15, 0.2) is 6.10 Å². The van der Waals surface area contributed by atoms with Crippen LogP contribution in [0.25, 0.3) is 16.4 Å². The molecule has 0 spiro atoms. The number of hydrogen-bond donors (Lipinski definition) is 3. The number of carbonyl (C=O) groups excluding carboxylic acids is 2. The summed E-state index contributed by atoms with van der Waals surface area (Å²) in [4.78, 5) is 42.0. The van der Waals surface area contributed by atoms with Crippen molar-refractivity contribution in [2.45, 2.75) is 31.4 Å².